The normalized spacial score (nSPS) is 13.2. The highest BCUT2D eigenvalue weighted by Crippen LogP contribution is 2.31. The van der Waals surface area contributed by atoms with Crippen LogP contribution in [0.1, 0.15) is 34.5 Å². The highest BCUT2D eigenvalue weighted by Gasteiger charge is 2.24. The Labute approximate surface area is 196 Å². The lowest BCUT2D eigenvalue weighted by Crippen LogP contribution is -2.41. The Kier molecular flexibility index (Phi) is 7.50. The van der Waals surface area contributed by atoms with Crippen molar-refractivity contribution < 1.29 is 23.1 Å². The quantitative estimate of drug-likeness (QED) is 0.387. The molecule has 0 bridgehead atoms. The number of benzene rings is 3. The number of aliphatic hydroxyl groups is 1. The van der Waals surface area contributed by atoms with E-state index in [-0.39, 0.29) is 16.1 Å². The molecule has 2 unspecified atom stereocenters. The van der Waals surface area contributed by atoms with Crippen LogP contribution >= 0.6 is 11.6 Å². The largest absolute Gasteiger partial charge is 0.384 e. The lowest BCUT2D eigenvalue weighted by molar-refractivity contribution is -0.117. The smallest absolute Gasteiger partial charge is 0.248 e. The van der Waals surface area contributed by atoms with Gasteiger partial charge >= 0.3 is 0 Å². The van der Waals surface area contributed by atoms with Gasteiger partial charge in [0.05, 0.1) is 10.9 Å². The van der Waals surface area contributed by atoms with Crippen LogP contribution in [-0.4, -0.2) is 31.4 Å². The minimum Gasteiger partial charge on any atom is -0.384 e. The first-order valence-electron chi connectivity index (χ1n) is 9.84. The summed E-state index contributed by atoms with van der Waals surface area (Å²) in [6.07, 6.45) is -1.06. The molecule has 172 valence electrons. The summed E-state index contributed by atoms with van der Waals surface area (Å²) in [7, 11) is -4.05. The van der Waals surface area contributed by atoms with Crippen molar-refractivity contribution in [3.63, 3.8) is 0 Å². The Bertz CT molecular complexity index is 1270. The molecule has 2 atom stereocenters. The minimum atomic E-state index is -4.05. The molecule has 0 aliphatic heterocycles. The molecule has 5 N–H and O–H groups in total. The van der Waals surface area contributed by atoms with Crippen molar-refractivity contribution in [1.29, 1.82) is 0 Å². The number of primary amides is 1. The number of hydrogen-bond acceptors (Lipinski definition) is 5. The van der Waals surface area contributed by atoms with E-state index in [0.717, 1.165) is 0 Å². The maximum Gasteiger partial charge on any atom is 0.248 e. The molecule has 3 aromatic carbocycles. The van der Waals surface area contributed by atoms with Gasteiger partial charge in [-0.05, 0) is 55.0 Å². The molecule has 0 aliphatic rings. The van der Waals surface area contributed by atoms with Crippen LogP contribution in [0, 0.1) is 0 Å². The first-order valence-corrected chi connectivity index (χ1v) is 11.7. The minimum absolute atomic E-state index is 0.126. The maximum absolute atomic E-state index is 12.7. The van der Waals surface area contributed by atoms with Gasteiger partial charge in [0.2, 0.25) is 21.8 Å². The van der Waals surface area contributed by atoms with Gasteiger partial charge < -0.3 is 16.2 Å². The van der Waals surface area contributed by atoms with E-state index in [9.17, 15) is 23.1 Å². The monoisotopic (exact) mass is 487 g/mol. The van der Waals surface area contributed by atoms with E-state index < -0.39 is 34.0 Å². The number of carbonyl (C=O) groups is 2. The molecule has 0 fully saturated rings. The van der Waals surface area contributed by atoms with Crippen LogP contribution in [0.15, 0.2) is 77.7 Å². The van der Waals surface area contributed by atoms with E-state index in [0.29, 0.717) is 16.1 Å². The van der Waals surface area contributed by atoms with E-state index in [1.54, 1.807) is 30.3 Å². The third-order valence-corrected chi connectivity index (χ3v) is 6.65. The molecule has 3 aromatic rings. The van der Waals surface area contributed by atoms with Crippen molar-refractivity contribution in [2.24, 2.45) is 5.73 Å². The summed E-state index contributed by atoms with van der Waals surface area (Å²) in [6.45, 7) is 1.38. The molecule has 33 heavy (non-hydrogen) atoms. The van der Waals surface area contributed by atoms with E-state index in [2.05, 4.69) is 10.0 Å². The lowest BCUT2D eigenvalue weighted by Gasteiger charge is -2.19. The lowest BCUT2D eigenvalue weighted by atomic mass is 10.00. The molecule has 0 spiro atoms. The van der Waals surface area contributed by atoms with Gasteiger partial charge in [-0.3, -0.25) is 9.59 Å². The van der Waals surface area contributed by atoms with Gasteiger partial charge in [-0.2, -0.15) is 4.72 Å². The van der Waals surface area contributed by atoms with E-state index in [1.807, 2.05) is 6.07 Å². The topological polar surface area (TPSA) is 139 Å². The predicted octanol–water partition coefficient (Wildman–Crippen LogP) is 2.83. The predicted molar refractivity (Wildman–Crippen MR) is 125 cm³/mol. The molecule has 0 saturated carbocycles. The van der Waals surface area contributed by atoms with Gasteiger partial charge in [-0.15, -0.1) is 0 Å². The van der Waals surface area contributed by atoms with Crippen LogP contribution in [0.3, 0.4) is 0 Å². The summed E-state index contributed by atoms with van der Waals surface area (Å²) in [4.78, 5) is 23.8. The summed E-state index contributed by atoms with van der Waals surface area (Å²) >= 11 is 6.09. The number of sulfonamides is 1. The number of halogens is 1. The van der Waals surface area contributed by atoms with Gasteiger partial charge in [0, 0.05) is 21.8 Å². The van der Waals surface area contributed by atoms with Crippen LogP contribution in [-0.2, 0) is 14.8 Å². The molecular formula is C23H22ClN3O5S. The Morgan fingerprint density at radius 1 is 1.00 bits per heavy atom. The second-order valence-corrected chi connectivity index (χ2v) is 9.42. The van der Waals surface area contributed by atoms with E-state index >= 15 is 0 Å². The number of aliphatic hydroxyl groups excluding tert-OH is 1. The second kappa shape index (κ2) is 10.1. The molecule has 0 saturated heterocycles. The number of carbonyl (C=O) groups excluding carboxylic acids is 2. The Balaban J connectivity index is 1.78. The van der Waals surface area contributed by atoms with Crippen LogP contribution in [0.5, 0.6) is 0 Å². The highest BCUT2D eigenvalue weighted by molar-refractivity contribution is 7.89. The molecule has 0 aliphatic carbocycles. The Morgan fingerprint density at radius 2 is 1.64 bits per heavy atom. The second-order valence-electron chi connectivity index (χ2n) is 7.27. The number of nitrogens with two attached hydrogens (primary N) is 1. The maximum atomic E-state index is 12.7. The molecule has 8 nitrogen and oxygen atoms in total. The van der Waals surface area contributed by atoms with Gasteiger partial charge in [-0.1, -0.05) is 41.9 Å². The number of hydrogen-bond donors (Lipinski definition) is 4. The van der Waals surface area contributed by atoms with Gasteiger partial charge in [0.15, 0.2) is 0 Å². The number of rotatable bonds is 8. The average molecular weight is 488 g/mol. The highest BCUT2D eigenvalue weighted by atomic mass is 35.5. The summed E-state index contributed by atoms with van der Waals surface area (Å²) in [5.41, 5.74) is 6.57. The zero-order chi connectivity index (χ0) is 24.2. The molecule has 2 amide bonds. The van der Waals surface area contributed by atoms with Gasteiger partial charge in [0.1, 0.15) is 6.10 Å². The zero-order valence-electron chi connectivity index (χ0n) is 17.5. The fraction of sp³-hybridized carbons (Fsp3) is 0.130. The first kappa shape index (κ1) is 24.4. The van der Waals surface area contributed by atoms with Crippen molar-refractivity contribution >= 4 is 39.1 Å². The van der Waals surface area contributed by atoms with Crippen molar-refractivity contribution in [3.8, 4) is 0 Å². The third-order valence-electron chi connectivity index (χ3n) is 4.86. The Morgan fingerprint density at radius 3 is 2.24 bits per heavy atom. The Hall–Kier alpha value is -3.24. The molecule has 0 aromatic heterocycles. The van der Waals surface area contributed by atoms with Crippen LogP contribution in [0.25, 0.3) is 0 Å². The van der Waals surface area contributed by atoms with Crippen molar-refractivity contribution in [1.82, 2.24) is 4.72 Å². The van der Waals surface area contributed by atoms with E-state index in [4.69, 9.17) is 17.3 Å². The molecule has 0 radical (unpaired) electrons. The van der Waals surface area contributed by atoms with Gasteiger partial charge in [-0.25, -0.2) is 8.42 Å². The zero-order valence-corrected chi connectivity index (χ0v) is 19.1. The standard InChI is InChI=1S/C23H22ClN3O5S/c1-14(27-33(31,32)18-10-7-16(8-11-18)22(25)29)23(30)26-20-12-9-17(24)13-19(20)21(28)15-5-3-2-4-6-15/h2-14,21,27-28H,1H3,(H2,25,29)(H,26,30). The van der Waals surface area contributed by atoms with Crippen LogP contribution < -0.4 is 15.8 Å². The van der Waals surface area contributed by atoms with Gasteiger partial charge in [0.25, 0.3) is 0 Å². The first-order chi connectivity index (χ1) is 15.6. The number of nitrogens with one attached hydrogen (secondary N) is 2. The summed E-state index contributed by atoms with van der Waals surface area (Å²) in [6, 6.07) is 17.3. The van der Waals surface area contributed by atoms with Crippen molar-refractivity contribution in [3.05, 3.63) is 94.5 Å². The molecular weight excluding hydrogens is 466 g/mol. The van der Waals surface area contributed by atoms with E-state index in [1.165, 1.54) is 43.3 Å². The summed E-state index contributed by atoms with van der Waals surface area (Å²) in [5, 5.41) is 13.8. The molecule has 3 rings (SSSR count). The number of amides is 2. The third kappa shape index (κ3) is 5.96. The molecule has 10 heteroatoms. The van der Waals surface area contributed by atoms with Crippen molar-refractivity contribution in [2.45, 2.75) is 24.0 Å². The van der Waals surface area contributed by atoms with Crippen LogP contribution in [0.2, 0.25) is 5.02 Å². The fourth-order valence-electron chi connectivity index (χ4n) is 3.08. The van der Waals surface area contributed by atoms with Crippen LogP contribution in [0.4, 0.5) is 5.69 Å². The SMILES string of the molecule is CC(NS(=O)(=O)c1ccc(C(N)=O)cc1)C(=O)Nc1ccc(Cl)cc1C(O)c1ccccc1. The summed E-state index contributed by atoms with van der Waals surface area (Å²) in [5.74, 6) is -1.33. The number of anilines is 1. The average Bonchev–Trinajstić information content (AvgIpc) is 2.80. The van der Waals surface area contributed by atoms with Crippen molar-refractivity contribution in [2.75, 3.05) is 5.32 Å². The molecule has 0 heterocycles. The summed E-state index contributed by atoms with van der Waals surface area (Å²) < 4.78 is 27.5. The fourth-order valence-corrected chi connectivity index (χ4v) is 4.47.